The van der Waals surface area contributed by atoms with E-state index in [0.29, 0.717) is 11.5 Å². The van der Waals surface area contributed by atoms with Crippen molar-refractivity contribution in [2.45, 2.75) is 53.2 Å². The molecule has 4 nitrogen and oxygen atoms in total. The number of aryl methyl sites for hydroxylation is 2. The van der Waals surface area contributed by atoms with Crippen LogP contribution in [0.2, 0.25) is 0 Å². The van der Waals surface area contributed by atoms with E-state index in [4.69, 9.17) is 0 Å². The van der Waals surface area contributed by atoms with Gasteiger partial charge in [-0.2, -0.15) is 0 Å². The topological polar surface area (TPSA) is 54.3 Å². The minimum absolute atomic E-state index is 0.166. The van der Waals surface area contributed by atoms with E-state index in [9.17, 15) is 9.90 Å². The molecule has 148 valence electrons. The Hall–Kier alpha value is -2.59. The number of benzene rings is 2. The van der Waals surface area contributed by atoms with Crippen LogP contribution in [-0.4, -0.2) is 22.1 Å². The standard InChI is InChI=1S/C24H30N2O2/c1-6-26-17(5)16(4)21-13-20(11-12-22(21)26)24(28)25-14-23(27)19-9-7-18(8-10-19)15(2)3/h7-13,15,23,27H,6,14H2,1-5H3,(H,25,28). The van der Waals surface area contributed by atoms with Crippen LogP contribution in [-0.2, 0) is 6.54 Å². The Balaban J connectivity index is 1.71. The largest absolute Gasteiger partial charge is 0.387 e. The number of carbonyl (C=O) groups excluding carboxylic acids is 1. The number of carbonyl (C=O) groups is 1. The maximum atomic E-state index is 12.6. The third kappa shape index (κ3) is 3.83. The van der Waals surface area contributed by atoms with Gasteiger partial charge in [0.15, 0.2) is 0 Å². The fourth-order valence-corrected chi connectivity index (χ4v) is 3.71. The van der Waals surface area contributed by atoms with Crippen molar-refractivity contribution in [2.24, 2.45) is 0 Å². The zero-order chi connectivity index (χ0) is 20.4. The predicted octanol–water partition coefficient (Wildman–Crippen LogP) is 4.86. The summed E-state index contributed by atoms with van der Waals surface area (Å²) in [5.41, 5.74) is 6.25. The van der Waals surface area contributed by atoms with Gasteiger partial charge in [0.05, 0.1) is 6.10 Å². The lowest BCUT2D eigenvalue weighted by molar-refractivity contribution is 0.0916. The summed E-state index contributed by atoms with van der Waals surface area (Å²) in [7, 11) is 0. The second-order valence-electron chi connectivity index (χ2n) is 7.73. The molecule has 0 aliphatic heterocycles. The zero-order valence-electron chi connectivity index (χ0n) is 17.4. The van der Waals surface area contributed by atoms with Crippen LogP contribution < -0.4 is 5.32 Å². The lowest BCUT2D eigenvalue weighted by Crippen LogP contribution is -2.28. The number of aromatic nitrogens is 1. The second kappa shape index (κ2) is 8.19. The zero-order valence-corrected chi connectivity index (χ0v) is 17.4. The Morgan fingerprint density at radius 3 is 2.32 bits per heavy atom. The van der Waals surface area contributed by atoms with Crippen LogP contribution in [0.25, 0.3) is 10.9 Å². The minimum atomic E-state index is -0.723. The highest BCUT2D eigenvalue weighted by molar-refractivity contribution is 5.99. The van der Waals surface area contributed by atoms with Crippen molar-refractivity contribution >= 4 is 16.8 Å². The molecule has 28 heavy (non-hydrogen) atoms. The van der Waals surface area contributed by atoms with Gasteiger partial charge < -0.3 is 15.0 Å². The van der Waals surface area contributed by atoms with Crippen LogP contribution in [0.1, 0.15) is 65.5 Å². The molecule has 0 saturated heterocycles. The van der Waals surface area contributed by atoms with Gasteiger partial charge >= 0.3 is 0 Å². The maximum absolute atomic E-state index is 12.6. The van der Waals surface area contributed by atoms with Crippen LogP contribution in [0.3, 0.4) is 0 Å². The Bertz CT molecular complexity index is 984. The smallest absolute Gasteiger partial charge is 0.251 e. The fourth-order valence-electron chi connectivity index (χ4n) is 3.71. The van der Waals surface area contributed by atoms with Gasteiger partial charge in [-0.25, -0.2) is 0 Å². The lowest BCUT2D eigenvalue weighted by atomic mass is 10.00. The van der Waals surface area contributed by atoms with E-state index in [-0.39, 0.29) is 12.5 Å². The summed E-state index contributed by atoms with van der Waals surface area (Å²) in [6, 6.07) is 13.7. The quantitative estimate of drug-likeness (QED) is 0.643. The third-order valence-corrected chi connectivity index (χ3v) is 5.66. The Morgan fingerprint density at radius 2 is 1.71 bits per heavy atom. The molecule has 0 fully saturated rings. The molecular weight excluding hydrogens is 348 g/mol. The van der Waals surface area contributed by atoms with Gasteiger partial charge in [0.1, 0.15) is 0 Å². The highest BCUT2D eigenvalue weighted by Crippen LogP contribution is 2.26. The summed E-state index contributed by atoms with van der Waals surface area (Å²) in [5, 5.41) is 14.4. The van der Waals surface area contributed by atoms with E-state index < -0.39 is 6.10 Å². The summed E-state index contributed by atoms with van der Waals surface area (Å²) >= 11 is 0. The number of aliphatic hydroxyl groups excluding tert-OH is 1. The molecule has 3 aromatic rings. The first-order valence-electron chi connectivity index (χ1n) is 9.99. The molecular formula is C24H30N2O2. The molecule has 1 aromatic heterocycles. The first kappa shape index (κ1) is 20.2. The van der Waals surface area contributed by atoms with Crippen LogP contribution in [0.4, 0.5) is 0 Å². The van der Waals surface area contributed by atoms with Gasteiger partial charge in [0, 0.05) is 35.2 Å². The molecule has 0 aliphatic carbocycles. The SMILES string of the molecule is CCn1c(C)c(C)c2cc(C(=O)NCC(O)c3ccc(C(C)C)cc3)ccc21. The van der Waals surface area contributed by atoms with Crippen molar-refractivity contribution in [2.75, 3.05) is 6.54 Å². The summed E-state index contributed by atoms with van der Waals surface area (Å²) in [4.78, 5) is 12.6. The molecule has 3 rings (SSSR count). The van der Waals surface area contributed by atoms with Crippen molar-refractivity contribution in [1.29, 1.82) is 0 Å². The number of aliphatic hydroxyl groups is 1. The molecule has 0 aliphatic rings. The number of hydrogen-bond acceptors (Lipinski definition) is 2. The summed E-state index contributed by atoms with van der Waals surface area (Å²) < 4.78 is 2.26. The molecule has 0 bridgehead atoms. The molecule has 0 saturated carbocycles. The van der Waals surface area contributed by atoms with Gasteiger partial charge in [-0.05, 0) is 61.6 Å². The number of amides is 1. The average Bonchev–Trinajstić information content (AvgIpc) is 2.95. The van der Waals surface area contributed by atoms with E-state index in [0.717, 1.165) is 23.0 Å². The lowest BCUT2D eigenvalue weighted by Gasteiger charge is -2.14. The van der Waals surface area contributed by atoms with E-state index >= 15 is 0 Å². The maximum Gasteiger partial charge on any atom is 0.251 e. The van der Waals surface area contributed by atoms with Gasteiger partial charge in [-0.3, -0.25) is 4.79 Å². The molecule has 0 spiro atoms. The summed E-state index contributed by atoms with van der Waals surface area (Å²) in [6.07, 6.45) is -0.723. The monoisotopic (exact) mass is 378 g/mol. The number of rotatable bonds is 6. The number of nitrogens with one attached hydrogen (secondary N) is 1. The third-order valence-electron chi connectivity index (χ3n) is 5.66. The molecule has 0 radical (unpaired) electrons. The first-order valence-corrected chi connectivity index (χ1v) is 9.99. The Labute approximate surface area is 167 Å². The number of nitrogens with zero attached hydrogens (tertiary/aromatic N) is 1. The molecule has 1 unspecified atom stereocenters. The normalized spacial score (nSPS) is 12.5. The fraction of sp³-hybridized carbons (Fsp3) is 0.375. The molecule has 1 atom stereocenters. The highest BCUT2D eigenvalue weighted by atomic mass is 16.3. The van der Waals surface area contributed by atoms with Gasteiger partial charge in [0.2, 0.25) is 0 Å². The van der Waals surface area contributed by atoms with E-state index in [1.165, 1.54) is 16.8 Å². The van der Waals surface area contributed by atoms with Crippen LogP contribution >= 0.6 is 0 Å². The van der Waals surface area contributed by atoms with Crippen molar-refractivity contribution in [3.8, 4) is 0 Å². The number of hydrogen-bond donors (Lipinski definition) is 2. The molecule has 4 heteroatoms. The van der Waals surface area contributed by atoms with Crippen LogP contribution in [0.5, 0.6) is 0 Å². The molecule has 1 amide bonds. The molecule has 1 heterocycles. The Morgan fingerprint density at radius 1 is 1.07 bits per heavy atom. The van der Waals surface area contributed by atoms with Crippen LogP contribution in [0, 0.1) is 13.8 Å². The second-order valence-corrected chi connectivity index (χ2v) is 7.73. The van der Waals surface area contributed by atoms with Crippen molar-refractivity contribution in [1.82, 2.24) is 9.88 Å². The first-order chi connectivity index (χ1) is 13.3. The minimum Gasteiger partial charge on any atom is -0.387 e. The Kier molecular flexibility index (Phi) is 5.90. The summed E-state index contributed by atoms with van der Waals surface area (Å²) in [5.74, 6) is 0.288. The van der Waals surface area contributed by atoms with Crippen molar-refractivity contribution < 1.29 is 9.90 Å². The van der Waals surface area contributed by atoms with E-state index in [2.05, 4.69) is 44.5 Å². The van der Waals surface area contributed by atoms with E-state index in [1.54, 1.807) is 0 Å². The van der Waals surface area contributed by atoms with Gasteiger partial charge in [-0.1, -0.05) is 38.1 Å². The van der Waals surface area contributed by atoms with Crippen molar-refractivity contribution in [3.63, 3.8) is 0 Å². The number of fused-ring (bicyclic) bond motifs is 1. The highest BCUT2D eigenvalue weighted by Gasteiger charge is 2.15. The van der Waals surface area contributed by atoms with E-state index in [1.807, 2.05) is 42.5 Å². The molecule has 2 N–H and O–H groups in total. The summed E-state index contributed by atoms with van der Waals surface area (Å²) in [6.45, 7) is 11.7. The van der Waals surface area contributed by atoms with Gasteiger partial charge in [0.25, 0.3) is 5.91 Å². The predicted molar refractivity (Wildman–Crippen MR) is 115 cm³/mol. The molecule has 2 aromatic carbocycles. The van der Waals surface area contributed by atoms with Crippen molar-refractivity contribution in [3.05, 3.63) is 70.4 Å². The van der Waals surface area contributed by atoms with Gasteiger partial charge in [-0.15, -0.1) is 0 Å². The van der Waals surface area contributed by atoms with Crippen LogP contribution in [0.15, 0.2) is 42.5 Å². The average molecular weight is 379 g/mol.